The van der Waals surface area contributed by atoms with Gasteiger partial charge in [0, 0.05) is 31.9 Å². The summed E-state index contributed by atoms with van der Waals surface area (Å²) in [4.78, 5) is 13.0. The van der Waals surface area contributed by atoms with Crippen LogP contribution in [0.5, 0.6) is 6.01 Å². The van der Waals surface area contributed by atoms with Crippen LogP contribution in [0.25, 0.3) is 0 Å². The third kappa shape index (κ3) is 2.91. The Morgan fingerprint density at radius 3 is 3.00 bits per heavy atom. The van der Waals surface area contributed by atoms with Crippen molar-refractivity contribution in [2.75, 3.05) is 32.1 Å². The van der Waals surface area contributed by atoms with Crippen molar-refractivity contribution in [3.05, 3.63) is 35.3 Å². The van der Waals surface area contributed by atoms with Crippen LogP contribution in [0.15, 0.2) is 18.3 Å². The Kier molecular flexibility index (Phi) is 4.02. The molecule has 126 valence electrons. The van der Waals surface area contributed by atoms with E-state index in [0.717, 1.165) is 44.0 Å². The van der Waals surface area contributed by atoms with E-state index in [1.54, 1.807) is 13.3 Å². The first-order chi connectivity index (χ1) is 11.7. The first-order valence-electron chi connectivity index (χ1n) is 8.39. The molecule has 0 bridgehead atoms. The van der Waals surface area contributed by atoms with Crippen molar-refractivity contribution >= 4 is 5.82 Å². The topological polar surface area (TPSA) is 67.3 Å². The number of hydrogen-bond acceptors (Lipinski definition) is 7. The molecule has 1 saturated heterocycles. The van der Waals surface area contributed by atoms with Gasteiger partial charge in [-0.15, -0.1) is 5.10 Å². The van der Waals surface area contributed by atoms with E-state index < -0.39 is 0 Å². The van der Waals surface area contributed by atoms with Gasteiger partial charge in [-0.3, -0.25) is 4.90 Å². The van der Waals surface area contributed by atoms with Gasteiger partial charge in [0.15, 0.2) is 5.82 Å². The zero-order chi connectivity index (χ0) is 16.5. The minimum atomic E-state index is 0.421. The van der Waals surface area contributed by atoms with Crippen molar-refractivity contribution in [3.8, 4) is 6.01 Å². The van der Waals surface area contributed by atoms with Gasteiger partial charge in [0.2, 0.25) is 0 Å². The Morgan fingerprint density at radius 2 is 2.17 bits per heavy atom. The molecule has 1 aliphatic carbocycles. The van der Waals surface area contributed by atoms with E-state index in [1.807, 2.05) is 6.07 Å². The molecule has 3 heterocycles. The molecule has 2 aromatic rings. The summed E-state index contributed by atoms with van der Waals surface area (Å²) < 4.78 is 5.08. The summed E-state index contributed by atoms with van der Waals surface area (Å²) in [5.74, 6) is 1.02. The molecule has 0 unspecified atom stereocenters. The number of nitrogens with zero attached hydrogens (tertiary/aromatic N) is 6. The van der Waals surface area contributed by atoms with Crippen LogP contribution in [0.2, 0.25) is 0 Å². The highest BCUT2D eigenvalue weighted by Crippen LogP contribution is 2.26. The molecule has 0 amide bonds. The van der Waals surface area contributed by atoms with Crippen molar-refractivity contribution in [3.63, 3.8) is 0 Å². The average Bonchev–Trinajstić information content (AvgIpc) is 3.01. The van der Waals surface area contributed by atoms with Gasteiger partial charge < -0.3 is 9.64 Å². The van der Waals surface area contributed by atoms with Crippen LogP contribution in [0.3, 0.4) is 0 Å². The highest BCUT2D eigenvalue weighted by Gasteiger charge is 2.32. The molecule has 1 aliphatic heterocycles. The number of fused-ring (bicyclic) bond motifs is 1. The van der Waals surface area contributed by atoms with Crippen molar-refractivity contribution in [1.29, 1.82) is 0 Å². The number of rotatable bonds is 5. The van der Waals surface area contributed by atoms with E-state index in [9.17, 15) is 0 Å². The molecular formula is C17H22N6O. The predicted molar refractivity (Wildman–Crippen MR) is 90.1 cm³/mol. The zero-order valence-corrected chi connectivity index (χ0v) is 14.1. The van der Waals surface area contributed by atoms with Crippen LogP contribution >= 0.6 is 0 Å². The molecule has 0 spiro atoms. The molecule has 0 aromatic carbocycles. The van der Waals surface area contributed by atoms with Gasteiger partial charge in [0.1, 0.15) is 0 Å². The normalized spacial score (nSPS) is 17.0. The Bertz CT molecular complexity index is 731. The molecule has 2 aromatic heterocycles. The fourth-order valence-corrected chi connectivity index (χ4v) is 3.34. The van der Waals surface area contributed by atoms with Gasteiger partial charge in [-0.2, -0.15) is 10.1 Å². The second-order valence-corrected chi connectivity index (χ2v) is 6.54. The third-order valence-electron chi connectivity index (χ3n) is 4.90. The van der Waals surface area contributed by atoms with Crippen LogP contribution in [0.1, 0.15) is 23.4 Å². The van der Waals surface area contributed by atoms with Gasteiger partial charge in [0.05, 0.1) is 18.5 Å². The quantitative estimate of drug-likeness (QED) is 0.814. The second-order valence-electron chi connectivity index (χ2n) is 6.54. The zero-order valence-electron chi connectivity index (χ0n) is 14.1. The highest BCUT2D eigenvalue weighted by atomic mass is 16.5. The molecule has 2 aliphatic rings. The standard InChI is InChI=1S/C17H22N6O/c1-22(9-13-6-7-18-17(19-13)24-2)14-10-23(11-14)16-8-12-4-3-5-15(12)20-21-16/h6-8,14H,3-5,9-11H2,1-2H3. The maximum absolute atomic E-state index is 5.08. The molecule has 1 fully saturated rings. The lowest BCUT2D eigenvalue weighted by atomic mass is 10.1. The summed E-state index contributed by atoms with van der Waals surface area (Å²) in [5.41, 5.74) is 3.54. The lowest BCUT2D eigenvalue weighted by molar-refractivity contribution is 0.194. The number of hydrogen-bond donors (Lipinski definition) is 0. The number of ether oxygens (including phenoxy) is 1. The fourth-order valence-electron chi connectivity index (χ4n) is 3.34. The Hall–Kier alpha value is -2.28. The summed E-state index contributed by atoms with van der Waals surface area (Å²) in [5, 5.41) is 8.78. The van der Waals surface area contributed by atoms with E-state index in [-0.39, 0.29) is 0 Å². The first kappa shape index (κ1) is 15.3. The molecule has 4 rings (SSSR count). The van der Waals surface area contributed by atoms with Crippen LogP contribution < -0.4 is 9.64 Å². The molecule has 0 N–H and O–H groups in total. The highest BCUT2D eigenvalue weighted by molar-refractivity contribution is 5.45. The van der Waals surface area contributed by atoms with Gasteiger partial charge in [-0.05, 0) is 44.0 Å². The Morgan fingerprint density at radius 1 is 1.29 bits per heavy atom. The molecule has 0 radical (unpaired) electrons. The fraction of sp³-hybridized carbons (Fsp3) is 0.529. The minimum absolute atomic E-state index is 0.421. The van der Waals surface area contributed by atoms with E-state index >= 15 is 0 Å². The van der Waals surface area contributed by atoms with Crippen molar-refractivity contribution < 1.29 is 4.74 Å². The smallest absolute Gasteiger partial charge is 0.316 e. The van der Waals surface area contributed by atoms with Crippen molar-refractivity contribution in [2.45, 2.75) is 31.8 Å². The summed E-state index contributed by atoms with van der Waals surface area (Å²) in [6, 6.07) is 5.08. The monoisotopic (exact) mass is 326 g/mol. The van der Waals surface area contributed by atoms with E-state index in [2.05, 4.69) is 43.1 Å². The first-order valence-corrected chi connectivity index (χ1v) is 8.39. The van der Waals surface area contributed by atoms with Crippen molar-refractivity contribution in [2.24, 2.45) is 0 Å². The number of anilines is 1. The molecule has 0 saturated carbocycles. The molecule has 0 atom stereocenters. The number of methoxy groups -OCH3 is 1. The molecule has 7 nitrogen and oxygen atoms in total. The van der Waals surface area contributed by atoms with Gasteiger partial charge >= 0.3 is 6.01 Å². The van der Waals surface area contributed by atoms with Crippen molar-refractivity contribution in [1.82, 2.24) is 25.1 Å². The Labute approximate surface area is 141 Å². The number of aryl methyl sites for hydroxylation is 2. The average molecular weight is 326 g/mol. The van der Waals surface area contributed by atoms with Gasteiger partial charge in [0.25, 0.3) is 0 Å². The maximum atomic E-state index is 5.08. The molecular weight excluding hydrogens is 304 g/mol. The van der Waals surface area contributed by atoms with E-state index in [1.165, 1.54) is 17.7 Å². The number of aromatic nitrogens is 4. The predicted octanol–water partition coefficient (Wildman–Crippen LogP) is 1.08. The van der Waals surface area contributed by atoms with E-state index in [4.69, 9.17) is 4.74 Å². The van der Waals surface area contributed by atoms with E-state index in [0.29, 0.717) is 12.1 Å². The maximum Gasteiger partial charge on any atom is 0.316 e. The van der Waals surface area contributed by atoms with Crippen LogP contribution in [-0.4, -0.2) is 58.4 Å². The molecule has 7 heteroatoms. The van der Waals surface area contributed by atoms with Crippen LogP contribution in [-0.2, 0) is 19.4 Å². The van der Waals surface area contributed by atoms with Crippen LogP contribution in [0, 0.1) is 0 Å². The van der Waals surface area contributed by atoms with Gasteiger partial charge in [-0.25, -0.2) is 4.98 Å². The summed E-state index contributed by atoms with van der Waals surface area (Å²) in [6.07, 6.45) is 5.17. The third-order valence-corrected chi connectivity index (χ3v) is 4.90. The summed E-state index contributed by atoms with van der Waals surface area (Å²) in [6.45, 7) is 2.74. The largest absolute Gasteiger partial charge is 0.467 e. The lowest BCUT2D eigenvalue weighted by Crippen LogP contribution is -2.58. The van der Waals surface area contributed by atoms with Crippen LogP contribution in [0.4, 0.5) is 5.82 Å². The second kappa shape index (κ2) is 6.32. The summed E-state index contributed by atoms with van der Waals surface area (Å²) in [7, 11) is 3.72. The minimum Gasteiger partial charge on any atom is -0.467 e. The lowest BCUT2D eigenvalue weighted by Gasteiger charge is -2.44. The Balaban J connectivity index is 1.35. The van der Waals surface area contributed by atoms with Gasteiger partial charge in [-0.1, -0.05) is 0 Å². The molecule has 24 heavy (non-hydrogen) atoms. The summed E-state index contributed by atoms with van der Waals surface area (Å²) >= 11 is 0. The number of likely N-dealkylation sites (N-methyl/N-ethyl adjacent to an activating group) is 1. The SMILES string of the molecule is COc1nccc(CN(C)C2CN(c3cc4c(nn3)CCC4)C2)n1.